The van der Waals surface area contributed by atoms with E-state index in [1.54, 1.807) is 16.3 Å². The summed E-state index contributed by atoms with van der Waals surface area (Å²) in [6, 6.07) is 10.5. The van der Waals surface area contributed by atoms with Crippen LogP contribution in [0.1, 0.15) is 50.7 Å². The van der Waals surface area contributed by atoms with Crippen molar-refractivity contribution in [2.75, 3.05) is 5.75 Å². The molecule has 1 aromatic carbocycles. The molecule has 3 aromatic heterocycles. The second kappa shape index (κ2) is 8.09. The summed E-state index contributed by atoms with van der Waals surface area (Å²) in [5, 5.41) is 11.6. The summed E-state index contributed by atoms with van der Waals surface area (Å²) < 4.78 is 4.54. The van der Waals surface area contributed by atoms with E-state index in [-0.39, 0.29) is 5.56 Å². The van der Waals surface area contributed by atoms with Gasteiger partial charge >= 0.3 is 0 Å². The lowest BCUT2D eigenvalue weighted by Crippen LogP contribution is -2.23. The Morgan fingerprint density at radius 2 is 1.93 bits per heavy atom. The molecule has 0 amide bonds. The molecule has 0 unspecified atom stereocenters. The van der Waals surface area contributed by atoms with Crippen molar-refractivity contribution >= 4 is 39.1 Å². The van der Waals surface area contributed by atoms with E-state index in [4.69, 9.17) is 0 Å². The molecule has 4 aromatic rings. The Morgan fingerprint density at radius 1 is 1.14 bits per heavy atom. The summed E-state index contributed by atoms with van der Waals surface area (Å²) in [7, 11) is 0. The van der Waals surface area contributed by atoms with E-state index < -0.39 is 0 Å². The van der Waals surface area contributed by atoms with Gasteiger partial charge in [0.25, 0.3) is 5.56 Å². The van der Waals surface area contributed by atoms with Gasteiger partial charge in [-0.25, -0.2) is 0 Å². The Kier molecular flexibility index (Phi) is 5.55. The van der Waals surface area contributed by atoms with Gasteiger partial charge in [0.1, 0.15) is 4.70 Å². The first-order valence-corrected chi connectivity index (χ1v) is 11.5. The van der Waals surface area contributed by atoms with Gasteiger partial charge in [-0.3, -0.25) is 13.8 Å². The highest BCUT2D eigenvalue weighted by Gasteiger charge is 2.18. The smallest absolute Gasteiger partial charge is 0.271 e. The van der Waals surface area contributed by atoms with Crippen molar-refractivity contribution in [2.45, 2.75) is 51.2 Å². The molecule has 0 radical (unpaired) electrons. The number of thioether (sulfide) groups is 1. The van der Waals surface area contributed by atoms with E-state index in [1.165, 1.54) is 16.9 Å². The van der Waals surface area contributed by atoms with E-state index in [0.717, 1.165) is 39.5 Å². The van der Waals surface area contributed by atoms with Crippen molar-refractivity contribution in [3.63, 3.8) is 0 Å². The number of aromatic nitrogens is 4. The van der Waals surface area contributed by atoms with Crippen LogP contribution in [0.25, 0.3) is 16.0 Å². The summed E-state index contributed by atoms with van der Waals surface area (Å²) in [6.45, 7) is 7.04. The molecule has 0 N–H and O–H groups in total. The summed E-state index contributed by atoms with van der Waals surface area (Å²) in [5.74, 6) is 2.10. The van der Waals surface area contributed by atoms with Gasteiger partial charge in [-0.2, -0.15) is 0 Å². The minimum atomic E-state index is 0.00273. The lowest BCUT2D eigenvalue weighted by molar-refractivity contribution is 0.763. The largest absolute Gasteiger partial charge is 0.273 e. The minimum absolute atomic E-state index is 0.00273. The maximum absolute atomic E-state index is 13.1. The monoisotopic (exact) mass is 412 g/mol. The highest BCUT2D eigenvalue weighted by Crippen LogP contribution is 2.25. The van der Waals surface area contributed by atoms with Crippen LogP contribution in [-0.2, 0) is 6.54 Å². The topological polar surface area (TPSA) is 52.2 Å². The SMILES string of the molecule is CCCCSc1nnc2n(Cc3ccc(C(C)C)cc3)c(=O)c3sccc3n12. The van der Waals surface area contributed by atoms with Crippen LogP contribution < -0.4 is 5.56 Å². The fraction of sp³-hybridized carbons (Fsp3) is 0.381. The van der Waals surface area contributed by atoms with Crippen molar-refractivity contribution in [2.24, 2.45) is 0 Å². The molecule has 28 heavy (non-hydrogen) atoms. The van der Waals surface area contributed by atoms with Crippen molar-refractivity contribution in [3.8, 4) is 0 Å². The molecule has 146 valence electrons. The van der Waals surface area contributed by atoms with Crippen LogP contribution in [0.15, 0.2) is 45.7 Å². The zero-order valence-corrected chi connectivity index (χ0v) is 18.0. The molecule has 0 atom stereocenters. The lowest BCUT2D eigenvalue weighted by Gasteiger charge is -2.11. The number of nitrogens with zero attached hydrogens (tertiary/aromatic N) is 4. The van der Waals surface area contributed by atoms with Gasteiger partial charge in [-0.1, -0.05) is 63.2 Å². The zero-order chi connectivity index (χ0) is 19.7. The van der Waals surface area contributed by atoms with Crippen molar-refractivity contribution < 1.29 is 0 Å². The van der Waals surface area contributed by atoms with Gasteiger partial charge in [0, 0.05) is 5.75 Å². The molecular weight excluding hydrogens is 388 g/mol. The van der Waals surface area contributed by atoms with Crippen LogP contribution in [0.3, 0.4) is 0 Å². The van der Waals surface area contributed by atoms with Crippen LogP contribution in [0.4, 0.5) is 0 Å². The number of unbranched alkanes of at least 4 members (excludes halogenated alkanes) is 1. The highest BCUT2D eigenvalue weighted by atomic mass is 32.2. The average molecular weight is 413 g/mol. The standard InChI is InChI=1S/C21H24N4OS2/c1-4-5-11-28-21-23-22-20-24(13-15-6-8-16(9-7-15)14(2)3)19(26)18-17(25(20)21)10-12-27-18/h6-10,12,14H,4-5,11,13H2,1-3H3. The normalized spacial score (nSPS) is 11.9. The molecule has 0 bridgehead atoms. The number of hydrogen-bond acceptors (Lipinski definition) is 5. The second-order valence-corrected chi connectivity index (χ2v) is 9.22. The maximum atomic E-state index is 13.1. The maximum Gasteiger partial charge on any atom is 0.273 e. The summed E-state index contributed by atoms with van der Waals surface area (Å²) in [5.41, 5.74) is 3.29. The zero-order valence-electron chi connectivity index (χ0n) is 16.4. The van der Waals surface area contributed by atoms with Gasteiger partial charge in [-0.05, 0) is 34.9 Å². The quantitative estimate of drug-likeness (QED) is 0.310. The van der Waals surface area contributed by atoms with Crippen LogP contribution in [0, 0.1) is 0 Å². The predicted molar refractivity (Wildman–Crippen MR) is 118 cm³/mol. The molecule has 0 aliphatic heterocycles. The third kappa shape index (κ3) is 3.49. The number of fused-ring (bicyclic) bond motifs is 3. The van der Waals surface area contributed by atoms with Gasteiger partial charge < -0.3 is 0 Å². The fourth-order valence-corrected chi connectivity index (χ4v) is 5.08. The molecule has 0 saturated carbocycles. The molecular formula is C21H24N4OS2. The highest BCUT2D eigenvalue weighted by molar-refractivity contribution is 7.99. The summed E-state index contributed by atoms with van der Waals surface area (Å²) >= 11 is 3.19. The van der Waals surface area contributed by atoms with Crippen molar-refractivity contribution in [3.05, 3.63) is 57.2 Å². The molecule has 3 heterocycles. The predicted octanol–water partition coefficient (Wildman–Crippen LogP) is 5.17. The molecule has 4 rings (SSSR count). The Hall–Kier alpha value is -2.12. The Labute approximate surface area is 172 Å². The molecule has 0 spiro atoms. The minimum Gasteiger partial charge on any atom is -0.271 e. The van der Waals surface area contributed by atoms with Gasteiger partial charge in [-0.15, -0.1) is 21.5 Å². The third-order valence-corrected chi connectivity index (χ3v) is 6.81. The van der Waals surface area contributed by atoms with E-state index in [9.17, 15) is 4.79 Å². The second-order valence-electron chi connectivity index (χ2n) is 7.24. The Bertz CT molecular complexity index is 1160. The number of thiophene rings is 1. The first-order valence-electron chi connectivity index (χ1n) is 9.67. The van der Waals surface area contributed by atoms with E-state index in [1.807, 2.05) is 15.8 Å². The Morgan fingerprint density at radius 3 is 2.64 bits per heavy atom. The van der Waals surface area contributed by atoms with Crippen LogP contribution >= 0.6 is 23.1 Å². The number of rotatable bonds is 7. The molecule has 0 fully saturated rings. The van der Waals surface area contributed by atoms with Gasteiger partial charge in [0.2, 0.25) is 5.78 Å². The summed E-state index contributed by atoms with van der Waals surface area (Å²) in [6.07, 6.45) is 2.28. The molecule has 7 heteroatoms. The van der Waals surface area contributed by atoms with Crippen LogP contribution in [-0.4, -0.2) is 24.9 Å². The first-order chi connectivity index (χ1) is 13.6. The number of benzene rings is 1. The molecule has 0 saturated heterocycles. The van der Waals surface area contributed by atoms with Crippen molar-refractivity contribution in [1.29, 1.82) is 0 Å². The Balaban J connectivity index is 1.80. The molecule has 0 aliphatic rings. The summed E-state index contributed by atoms with van der Waals surface area (Å²) in [4.78, 5) is 13.1. The lowest BCUT2D eigenvalue weighted by atomic mass is 10.0. The van der Waals surface area contributed by atoms with Crippen LogP contribution in [0.2, 0.25) is 0 Å². The van der Waals surface area contributed by atoms with Gasteiger partial charge in [0.05, 0.1) is 12.1 Å². The fourth-order valence-electron chi connectivity index (χ4n) is 3.23. The number of hydrogen-bond donors (Lipinski definition) is 0. The average Bonchev–Trinajstić information content (AvgIpc) is 3.33. The van der Waals surface area contributed by atoms with E-state index in [0.29, 0.717) is 18.2 Å². The van der Waals surface area contributed by atoms with E-state index in [2.05, 4.69) is 55.2 Å². The molecule has 5 nitrogen and oxygen atoms in total. The van der Waals surface area contributed by atoms with Gasteiger partial charge in [0.15, 0.2) is 5.16 Å². The molecule has 0 aliphatic carbocycles. The van der Waals surface area contributed by atoms with E-state index >= 15 is 0 Å². The van der Waals surface area contributed by atoms with Crippen molar-refractivity contribution in [1.82, 2.24) is 19.2 Å². The van der Waals surface area contributed by atoms with Crippen LogP contribution in [0.5, 0.6) is 0 Å². The first kappa shape index (κ1) is 19.2. The third-order valence-electron chi connectivity index (χ3n) is 4.90.